The SMILES string of the molecule is CON=C1/C=C/C=C\C2OC2CC(C)OC(=O)c2c(C)cc(C)c(Cl)c2C1.CON=C1/C=C/C=C\C2OC2CC(C)OC(=O)c2c(C)cc(C)c(Cl)c2C1. The fourth-order valence-electron chi connectivity index (χ4n) is 6.78. The molecule has 54 heavy (non-hydrogen) atoms. The molecule has 288 valence electrons. The molecule has 4 aliphatic heterocycles. The van der Waals surface area contributed by atoms with Gasteiger partial charge in [-0.3, -0.25) is 0 Å². The van der Waals surface area contributed by atoms with Crippen LogP contribution in [0.1, 0.15) is 80.8 Å². The normalized spacial score (nSPS) is 29.1. The van der Waals surface area contributed by atoms with Crippen LogP contribution in [0.4, 0.5) is 0 Å². The number of epoxide rings is 2. The van der Waals surface area contributed by atoms with E-state index in [0.717, 1.165) is 22.3 Å². The molecule has 6 atom stereocenters. The molecule has 0 bridgehead atoms. The van der Waals surface area contributed by atoms with Crippen LogP contribution in [0.25, 0.3) is 0 Å². The number of benzene rings is 2. The lowest BCUT2D eigenvalue weighted by Gasteiger charge is -2.18. The molecule has 2 fully saturated rings. The molecular weight excluding hydrogens is 731 g/mol. The van der Waals surface area contributed by atoms with Crippen LogP contribution in [0.15, 0.2) is 71.1 Å². The molecule has 0 radical (unpaired) electrons. The van der Waals surface area contributed by atoms with E-state index in [9.17, 15) is 9.59 Å². The van der Waals surface area contributed by atoms with E-state index in [4.69, 9.17) is 51.8 Å². The summed E-state index contributed by atoms with van der Waals surface area (Å²) in [6, 6.07) is 3.81. The van der Waals surface area contributed by atoms with Crippen molar-refractivity contribution in [3.05, 3.63) is 115 Å². The first-order valence-corrected chi connectivity index (χ1v) is 18.8. The topological polar surface area (TPSA) is 121 Å². The van der Waals surface area contributed by atoms with Gasteiger partial charge in [-0.1, -0.05) is 82.1 Å². The highest BCUT2D eigenvalue weighted by atomic mass is 35.5. The molecular formula is C42H48Cl2N2O8. The molecule has 0 saturated carbocycles. The number of aryl methyl sites for hydroxylation is 4. The first kappa shape index (κ1) is 41.0. The van der Waals surface area contributed by atoms with Gasteiger partial charge in [-0.15, -0.1) is 0 Å². The highest BCUT2D eigenvalue weighted by molar-refractivity contribution is 6.33. The van der Waals surface area contributed by atoms with E-state index >= 15 is 0 Å². The van der Waals surface area contributed by atoms with Crippen molar-refractivity contribution in [1.82, 2.24) is 0 Å². The number of esters is 2. The van der Waals surface area contributed by atoms with E-state index in [2.05, 4.69) is 10.3 Å². The van der Waals surface area contributed by atoms with Crippen molar-refractivity contribution in [1.29, 1.82) is 0 Å². The van der Waals surface area contributed by atoms with Crippen LogP contribution in [-0.2, 0) is 41.5 Å². The predicted octanol–water partition coefficient (Wildman–Crippen LogP) is 8.66. The number of allylic oxidation sites excluding steroid dienone is 6. The second kappa shape index (κ2) is 18.4. The molecule has 6 unspecified atom stereocenters. The lowest BCUT2D eigenvalue weighted by atomic mass is 9.94. The van der Waals surface area contributed by atoms with E-state index in [0.29, 0.717) is 69.4 Å². The molecule has 12 heteroatoms. The summed E-state index contributed by atoms with van der Waals surface area (Å²) in [4.78, 5) is 35.8. The highest BCUT2D eigenvalue weighted by Crippen LogP contribution is 2.34. The summed E-state index contributed by atoms with van der Waals surface area (Å²) in [6.07, 6.45) is 17.1. The van der Waals surface area contributed by atoms with Gasteiger partial charge in [0.05, 0.1) is 34.8 Å². The minimum Gasteiger partial charge on any atom is -0.459 e. The third-order valence-electron chi connectivity index (χ3n) is 9.41. The summed E-state index contributed by atoms with van der Waals surface area (Å²) in [6.45, 7) is 11.4. The fourth-order valence-corrected chi connectivity index (χ4v) is 7.21. The van der Waals surface area contributed by atoms with Gasteiger partial charge < -0.3 is 28.6 Å². The number of carbonyl (C=O) groups is 2. The second-order valence-electron chi connectivity index (χ2n) is 13.9. The largest absolute Gasteiger partial charge is 0.459 e. The monoisotopic (exact) mass is 778 g/mol. The zero-order valence-corrected chi connectivity index (χ0v) is 33.5. The average Bonchev–Trinajstić information content (AvgIpc) is 4.02. The van der Waals surface area contributed by atoms with Crippen molar-refractivity contribution < 1.29 is 38.2 Å². The maximum atomic E-state index is 12.9. The van der Waals surface area contributed by atoms with Crippen molar-refractivity contribution in [2.24, 2.45) is 10.3 Å². The molecule has 4 heterocycles. The summed E-state index contributed by atoms with van der Waals surface area (Å²) in [5, 5.41) is 9.25. The van der Waals surface area contributed by atoms with Gasteiger partial charge in [0.2, 0.25) is 0 Å². The molecule has 2 aromatic carbocycles. The van der Waals surface area contributed by atoms with Gasteiger partial charge in [0.25, 0.3) is 0 Å². The summed E-state index contributed by atoms with van der Waals surface area (Å²) in [5.74, 6) is -0.745. The quantitative estimate of drug-likeness (QED) is 0.169. The van der Waals surface area contributed by atoms with Gasteiger partial charge in [0, 0.05) is 35.7 Å². The number of ether oxygens (including phenoxy) is 4. The molecule has 4 aliphatic rings. The molecule has 0 spiro atoms. The Morgan fingerprint density at radius 1 is 0.630 bits per heavy atom. The van der Waals surface area contributed by atoms with Gasteiger partial charge >= 0.3 is 11.9 Å². The third kappa shape index (κ3) is 10.5. The summed E-state index contributed by atoms with van der Waals surface area (Å²) < 4.78 is 22.6. The molecule has 2 aromatic rings. The first-order valence-electron chi connectivity index (χ1n) is 18.0. The Kier molecular flexibility index (Phi) is 14.0. The molecule has 6 rings (SSSR count). The zero-order valence-electron chi connectivity index (χ0n) is 32.0. The van der Waals surface area contributed by atoms with E-state index < -0.39 is 0 Å². The van der Waals surface area contributed by atoms with Crippen LogP contribution < -0.4 is 0 Å². The molecule has 0 N–H and O–H groups in total. The molecule has 10 nitrogen and oxygen atoms in total. The number of rotatable bonds is 2. The molecule has 2 saturated heterocycles. The van der Waals surface area contributed by atoms with Gasteiger partial charge in [0.15, 0.2) is 0 Å². The van der Waals surface area contributed by atoms with Gasteiger partial charge in [-0.2, -0.15) is 0 Å². The Bertz CT molecular complexity index is 1790. The smallest absolute Gasteiger partial charge is 0.339 e. The first-order chi connectivity index (χ1) is 25.8. The van der Waals surface area contributed by atoms with Crippen LogP contribution in [0, 0.1) is 27.7 Å². The highest BCUT2D eigenvalue weighted by Gasteiger charge is 2.39. The van der Waals surface area contributed by atoms with Crippen molar-refractivity contribution in [3.63, 3.8) is 0 Å². The molecule has 0 amide bonds. The summed E-state index contributed by atoms with van der Waals surface area (Å²) >= 11 is 13.1. The van der Waals surface area contributed by atoms with Crippen LogP contribution >= 0.6 is 23.2 Å². The van der Waals surface area contributed by atoms with Crippen LogP contribution in [0.3, 0.4) is 0 Å². The van der Waals surface area contributed by atoms with E-state index in [1.54, 1.807) is 0 Å². The standard InChI is InChI=1S/2C21H24ClNO4/c2*1-12-9-13(2)20(22)16-11-15(23-25-4)7-5-6-8-17-18(27-17)10-14(3)26-21(24)19(12)16/h2*5-9,14,17-18H,10-11H2,1-4H3/b2*7-5+,8-6-,23-15?. The van der Waals surface area contributed by atoms with Gasteiger partial charge in [0.1, 0.15) is 38.6 Å². The van der Waals surface area contributed by atoms with Crippen molar-refractivity contribution >= 4 is 46.6 Å². The Hall–Kier alpha value is -4.22. The maximum Gasteiger partial charge on any atom is 0.339 e. The number of cyclic esters (lactones) is 2. The van der Waals surface area contributed by atoms with Crippen LogP contribution in [0.2, 0.25) is 10.0 Å². The Labute approximate surface area is 327 Å². The van der Waals surface area contributed by atoms with E-state index in [1.165, 1.54) is 14.2 Å². The van der Waals surface area contributed by atoms with Crippen LogP contribution in [-0.4, -0.2) is 74.2 Å². The fraction of sp³-hybridized carbons (Fsp3) is 0.429. The van der Waals surface area contributed by atoms with Crippen molar-refractivity contribution in [2.45, 2.75) is 104 Å². The lowest BCUT2D eigenvalue weighted by Crippen LogP contribution is -2.20. The number of carbonyl (C=O) groups excluding carboxylic acids is 2. The number of fused-ring (bicyclic) bond motifs is 4. The Morgan fingerprint density at radius 3 is 1.39 bits per heavy atom. The van der Waals surface area contributed by atoms with E-state index in [1.807, 2.05) is 102 Å². The number of hydrogen-bond acceptors (Lipinski definition) is 10. The van der Waals surface area contributed by atoms with Crippen LogP contribution in [0.5, 0.6) is 0 Å². The van der Waals surface area contributed by atoms with Crippen molar-refractivity contribution in [2.75, 3.05) is 14.2 Å². The number of oxime groups is 2. The average molecular weight is 780 g/mol. The van der Waals surface area contributed by atoms with Crippen molar-refractivity contribution in [3.8, 4) is 0 Å². The Balaban J connectivity index is 0.000000208. The molecule has 0 aromatic heterocycles. The summed E-state index contributed by atoms with van der Waals surface area (Å²) in [7, 11) is 2.98. The van der Waals surface area contributed by atoms with E-state index in [-0.39, 0.29) is 48.6 Å². The Morgan fingerprint density at radius 2 is 1.02 bits per heavy atom. The minimum absolute atomic E-state index is 0.0627. The minimum atomic E-state index is -0.373. The lowest BCUT2D eigenvalue weighted by molar-refractivity contribution is 0.0297. The van der Waals surface area contributed by atoms with Gasteiger partial charge in [-0.25, -0.2) is 9.59 Å². The number of halogens is 2. The zero-order chi connectivity index (χ0) is 39.1. The number of hydrogen-bond donors (Lipinski definition) is 0. The maximum absolute atomic E-state index is 12.9. The second-order valence-corrected chi connectivity index (χ2v) is 14.7. The molecule has 0 aliphatic carbocycles. The summed E-state index contributed by atoms with van der Waals surface area (Å²) in [5.41, 5.74) is 7.18. The number of nitrogens with zero attached hydrogens (tertiary/aromatic N) is 2. The third-order valence-corrected chi connectivity index (χ3v) is 10.5. The predicted molar refractivity (Wildman–Crippen MR) is 211 cm³/mol. The van der Waals surface area contributed by atoms with Gasteiger partial charge in [-0.05, 0) is 87.1 Å².